The van der Waals surface area contributed by atoms with Gasteiger partial charge in [-0.15, -0.1) is 0 Å². The molecule has 1 rings (SSSR count). The minimum Gasteiger partial charge on any atom is -0.481 e. The van der Waals surface area contributed by atoms with Gasteiger partial charge < -0.3 is 10.4 Å². The molecule has 1 atom stereocenters. The summed E-state index contributed by atoms with van der Waals surface area (Å²) in [6.45, 7) is 1.65. The number of hydrogen-bond donors (Lipinski definition) is 2. The van der Waals surface area contributed by atoms with Crippen molar-refractivity contribution < 1.29 is 19.1 Å². The smallest absolute Gasteiger partial charge is 0.303 e. The molecule has 0 aliphatic rings. The first-order chi connectivity index (χ1) is 7.99. The van der Waals surface area contributed by atoms with E-state index in [4.69, 9.17) is 5.11 Å². The lowest BCUT2D eigenvalue weighted by molar-refractivity contribution is -0.138. The molecule has 0 fully saturated rings. The van der Waals surface area contributed by atoms with Gasteiger partial charge in [-0.25, -0.2) is 4.39 Å². The number of carbonyl (C=O) groups is 2. The first-order valence-electron chi connectivity index (χ1n) is 5.10. The summed E-state index contributed by atoms with van der Waals surface area (Å²) in [4.78, 5) is 25.4. The lowest BCUT2D eigenvalue weighted by atomic mass is 10.0. The number of aromatic nitrogens is 1. The number of rotatable bonds is 5. The van der Waals surface area contributed by atoms with Gasteiger partial charge in [-0.05, 0) is 12.0 Å². The highest BCUT2D eigenvalue weighted by atomic mass is 19.1. The third kappa shape index (κ3) is 4.58. The predicted molar refractivity (Wildman–Crippen MR) is 58.9 cm³/mol. The molecule has 1 amide bonds. The maximum Gasteiger partial charge on any atom is 0.303 e. The van der Waals surface area contributed by atoms with E-state index >= 15 is 0 Å². The molecule has 0 saturated carbocycles. The van der Waals surface area contributed by atoms with Crippen LogP contribution in [0.1, 0.15) is 19.8 Å². The number of carbonyl (C=O) groups excluding carboxylic acids is 1. The van der Waals surface area contributed by atoms with Crippen molar-refractivity contribution in [2.24, 2.45) is 5.92 Å². The molecule has 1 unspecified atom stereocenters. The van der Waals surface area contributed by atoms with Crippen LogP contribution in [0.15, 0.2) is 18.5 Å². The minimum absolute atomic E-state index is 0.0358. The largest absolute Gasteiger partial charge is 0.481 e. The molecule has 17 heavy (non-hydrogen) atoms. The van der Waals surface area contributed by atoms with Gasteiger partial charge >= 0.3 is 5.97 Å². The fourth-order valence-electron chi connectivity index (χ4n) is 1.36. The van der Waals surface area contributed by atoms with E-state index in [-0.39, 0.29) is 24.4 Å². The molecule has 6 heteroatoms. The van der Waals surface area contributed by atoms with Crippen molar-refractivity contribution in [3.63, 3.8) is 0 Å². The first kappa shape index (κ1) is 13.1. The van der Waals surface area contributed by atoms with Gasteiger partial charge in [0.2, 0.25) is 5.91 Å². The molecule has 1 aromatic rings. The molecule has 92 valence electrons. The van der Waals surface area contributed by atoms with Crippen LogP contribution in [0.5, 0.6) is 0 Å². The molecule has 5 nitrogen and oxygen atoms in total. The van der Waals surface area contributed by atoms with Crippen LogP contribution in [-0.4, -0.2) is 22.0 Å². The number of nitrogens with zero attached hydrogens (tertiary/aromatic N) is 1. The Hall–Kier alpha value is -1.98. The topological polar surface area (TPSA) is 79.3 Å². The van der Waals surface area contributed by atoms with Crippen molar-refractivity contribution in [3.05, 3.63) is 24.3 Å². The molecule has 2 N–H and O–H groups in total. The highest BCUT2D eigenvalue weighted by Crippen LogP contribution is 2.13. The van der Waals surface area contributed by atoms with E-state index in [0.717, 1.165) is 6.20 Å². The quantitative estimate of drug-likeness (QED) is 0.820. The first-order valence-corrected chi connectivity index (χ1v) is 5.10. The van der Waals surface area contributed by atoms with Crippen LogP contribution in [0.2, 0.25) is 0 Å². The average Bonchev–Trinajstić information content (AvgIpc) is 2.19. The number of halogens is 1. The summed E-state index contributed by atoms with van der Waals surface area (Å²) in [5.74, 6) is -2.28. The summed E-state index contributed by atoms with van der Waals surface area (Å²) in [7, 11) is 0. The Balaban J connectivity index is 2.50. The zero-order chi connectivity index (χ0) is 12.8. The van der Waals surface area contributed by atoms with Gasteiger partial charge in [0.1, 0.15) is 0 Å². The van der Waals surface area contributed by atoms with Crippen LogP contribution in [0.4, 0.5) is 10.1 Å². The molecule has 0 aromatic carbocycles. The van der Waals surface area contributed by atoms with E-state index in [0.29, 0.717) is 0 Å². The average molecular weight is 240 g/mol. The number of nitrogens with one attached hydrogen (secondary N) is 1. The normalized spacial score (nSPS) is 11.9. The van der Waals surface area contributed by atoms with Gasteiger partial charge in [-0.2, -0.15) is 0 Å². The Morgan fingerprint density at radius 1 is 1.53 bits per heavy atom. The van der Waals surface area contributed by atoms with Gasteiger partial charge in [0.25, 0.3) is 0 Å². The zero-order valence-electron chi connectivity index (χ0n) is 9.31. The van der Waals surface area contributed by atoms with Crippen LogP contribution in [0, 0.1) is 11.7 Å². The van der Waals surface area contributed by atoms with Gasteiger partial charge in [0, 0.05) is 19.0 Å². The monoisotopic (exact) mass is 240 g/mol. The van der Waals surface area contributed by atoms with Crippen molar-refractivity contribution in [2.75, 3.05) is 5.32 Å². The fraction of sp³-hybridized carbons (Fsp3) is 0.364. The Bertz CT molecular complexity index is 423. The minimum atomic E-state index is -0.958. The van der Waals surface area contributed by atoms with Crippen LogP contribution in [0.3, 0.4) is 0 Å². The summed E-state index contributed by atoms with van der Waals surface area (Å²) in [5, 5.41) is 10.9. The van der Waals surface area contributed by atoms with Crippen molar-refractivity contribution in [3.8, 4) is 0 Å². The van der Waals surface area contributed by atoms with Gasteiger partial charge in [-0.1, -0.05) is 6.92 Å². The number of anilines is 1. The van der Waals surface area contributed by atoms with Gasteiger partial charge in [0.15, 0.2) is 5.82 Å². The standard InChI is InChI=1S/C11H13FN2O3/c1-7(5-11(16)17)4-10(15)14-9-2-3-13-6-8(9)12/h2-3,6-7H,4-5H2,1H3,(H,16,17)(H,13,14,15). The van der Waals surface area contributed by atoms with Gasteiger partial charge in [-0.3, -0.25) is 14.6 Å². The van der Waals surface area contributed by atoms with Crippen LogP contribution in [-0.2, 0) is 9.59 Å². The second-order valence-corrected chi connectivity index (χ2v) is 3.81. The van der Waals surface area contributed by atoms with E-state index in [1.165, 1.54) is 12.3 Å². The highest BCUT2D eigenvalue weighted by molar-refractivity contribution is 5.91. The molecular formula is C11H13FN2O3. The third-order valence-corrected chi connectivity index (χ3v) is 2.10. The molecule has 1 heterocycles. The Morgan fingerprint density at radius 2 is 2.24 bits per heavy atom. The Labute approximate surface area is 97.7 Å². The van der Waals surface area contributed by atoms with E-state index in [2.05, 4.69) is 10.3 Å². The Morgan fingerprint density at radius 3 is 2.82 bits per heavy atom. The SMILES string of the molecule is CC(CC(=O)O)CC(=O)Nc1ccncc1F. The van der Waals surface area contributed by atoms with Crippen LogP contribution < -0.4 is 5.32 Å². The van der Waals surface area contributed by atoms with Crippen molar-refractivity contribution in [2.45, 2.75) is 19.8 Å². The van der Waals surface area contributed by atoms with E-state index in [1.54, 1.807) is 6.92 Å². The third-order valence-electron chi connectivity index (χ3n) is 2.10. The summed E-state index contributed by atoms with van der Waals surface area (Å²) in [5.41, 5.74) is 0.0486. The molecule has 0 aliphatic carbocycles. The lowest BCUT2D eigenvalue weighted by Crippen LogP contribution is -2.17. The fourth-order valence-corrected chi connectivity index (χ4v) is 1.36. The zero-order valence-corrected chi connectivity index (χ0v) is 9.31. The second-order valence-electron chi connectivity index (χ2n) is 3.81. The van der Waals surface area contributed by atoms with Crippen molar-refractivity contribution in [1.29, 1.82) is 0 Å². The lowest BCUT2D eigenvalue weighted by Gasteiger charge is -2.09. The molecule has 0 radical (unpaired) electrons. The maximum absolute atomic E-state index is 13.1. The van der Waals surface area contributed by atoms with E-state index in [1.807, 2.05) is 0 Å². The summed E-state index contributed by atoms with van der Waals surface area (Å²) in [6, 6.07) is 1.34. The summed E-state index contributed by atoms with van der Waals surface area (Å²) in [6.07, 6.45) is 2.30. The second kappa shape index (κ2) is 5.93. The van der Waals surface area contributed by atoms with Crippen molar-refractivity contribution in [1.82, 2.24) is 4.98 Å². The summed E-state index contributed by atoms with van der Waals surface area (Å²) < 4.78 is 13.1. The van der Waals surface area contributed by atoms with E-state index < -0.39 is 17.7 Å². The van der Waals surface area contributed by atoms with Gasteiger partial charge in [0.05, 0.1) is 11.9 Å². The Kier molecular flexibility index (Phi) is 4.56. The predicted octanol–water partition coefficient (Wildman–Crippen LogP) is 1.66. The summed E-state index contributed by atoms with van der Waals surface area (Å²) >= 11 is 0. The number of carboxylic acid groups (broad SMARTS) is 1. The highest BCUT2D eigenvalue weighted by Gasteiger charge is 2.13. The molecular weight excluding hydrogens is 227 g/mol. The number of hydrogen-bond acceptors (Lipinski definition) is 3. The maximum atomic E-state index is 13.1. The molecule has 0 bridgehead atoms. The van der Waals surface area contributed by atoms with Crippen LogP contribution in [0.25, 0.3) is 0 Å². The number of aliphatic carboxylic acids is 1. The van der Waals surface area contributed by atoms with Crippen LogP contribution >= 0.6 is 0 Å². The number of pyridine rings is 1. The molecule has 0 aliphatic heterocycles. The molecule has 0 saturated heterocycles. The number of carboxylic acids is 1. The van der Waals surface area contributed by atoms with E-state index in [9.17, 15) is 14.0 Å². The van der Waals surface area contributed by atoms with Crippen molar-refractivity contribution >= 4 is 17.6 Å². The molecule has 1 aromatic heterocycles. The molecule has 0 spiro atoms. The number of amides is 1.